The Bertz CT molecular complexity index is 704. The molecular formula is C15H15F2N2O4+. The summed E-state index contributed by atoms with van der Waals surface area (Å²) in [5.74, 6) is 0.323. The Labute approximate surface area is 130 Å². The average molecular weight is 325 g/mol. The maximum Gasteiger partial charge on any atom is 0.586 e. The highest BCUT2D eigenvalue weighted by Crippen LogP contribution is 2.42. The molecule has 0 spiro atoms. The van der Waals surface area contributed by atoms with E-state index in [2.05, 4.69) is 14.8 Å². The Morgan fingerprint density at radius 3 is 2.83 bits per heavy atom. The molecule has 0 unspecified atom stereocenters. The van der Waals surface area contributed by atoms with Gasteiger partial charge < -0.3 is 24.5 Å². The molecule has 1 amide bonds. The van der Waals surface area contributed by atoms with E-state index in [1.807, 2.05) is 13.0 Å². The van der Waals surface area contributed by atoms with E-state index in [0.717, 1.165) is 5.76 Å². The lowest BCUT2D eigenvalue weighted by molar-refractivity contribution is -0.684. The second-order valence-corrected chi connectivity index (χ2v) is 5.12. The van der Waals surface area contributed by atoms with Crippen LogP contribution in [0.25, 0.3) is 0 Å². The minimum Gasteiger partial charge on any atom is -0.463 e. The molecule has 0 aliphatic carbocycles. The molecule has 6 nitrogen and oxygen atoms in total. The molecule has 2 aromatic rings. The predicted molar refractivity (Wildman–Crippen MR) is 75.2 cm³/mol. The normalized spacial score (nSPS) is 16.1. The SMILES string of the molecule is C[C@H]([NH2+]CC(=O)Nc1ccc2c(c1)OC(F)(F)O2)c1ccco1. The molecule has 23 heavy (non-hydrogen) atoms. The number of ether oxygens (including phenoxy) is 2. The quantitative estimate of drug-likeness (QED) is 0.880. The zero-order valence-corrected chi connectivity index (χ0v) is 12.2. The zero-order valence-electron chi connectivity index (χ0n) is 12.2. The van der Waals surface area contributed by atoms with E-state index < -0.39 is 6.29 Å². The van der Waals surface area contributed by atoms with Crippen LogP contribution in [0.4, 0.5) is 14.5 Å². The van der Waals surface area contributed by atoms with Gasteiger partial charge in [-0.15, -0.1) is 8.78 Å². The van der Waals surface area contributed by atoms with Crippen LogP contribution in [-0.2, 0) is 4.79 Å². The number of furan rings is 1. The third-order valence-corrected chi connectivity index (χ3v) is 3.33. The van der Waals surface area contributed by atoms with E-state index in [1.165, 1.54) is 18.2 Å². The number of nitrogens with one attached hydrogen (secondary N) is 1. The van der Waals surface area contributed by atoms with Gasteiger partial charge in [0.2, 0.25) is 0 Å². The second kappa shape index (κ2) is 5.88. The van der Waals surface area contributed by atoms with E-state index >= 15 is 0 Å². The molecule has 0 bridgehead atoms. The fourth-order valence-corrected chi connectivity index (χ4v) is 2.19. The molecule has 3 rings (SSSR count). The molecule has 1 aliphatic heterocycles. The third-order valence-electron chi connectivity index (χ3n) is 3.33. The summed E-state index contributed by atoms with van der Waals surface area (Å²) in [7, 11) is 0. The number of halogens is 2. The van der Waals surface area contributed by atoms with Crippen LogP contribution in [0.2, 0.25) is 0 Å². The first kappa shape index (κ1) is 15.3. The summed E-state index contributed by atoms with van der Waals surface area (Å²) in [6, 6.07) is 7.69. The van der Waals surface area contributed by atoms with Crippen molar-refractivity contribution in [3.8, 4) is 11.5 Å². The van der Waals surface area contributed by atoms with Crippen molar-refractivity contribution in [3.05, 3.63) is 42.4 Å². The summed E-state index contributed by atoms with van der Waals surface area (Å²) in [5.41, 5.74) is 0.356. The number of rotatable bonds is 5. The predicted octanol–water partition coefficient (Wildman–Crippen LogP) is 1.86. The second-order valence-electron chi connectivity index (χ2n) is 5.12. The van der Waals surface area contributed by atoms with Gasteiger partial charge in [-0.3, -0.25) is 4.79 Å². The zero-order chi connectivity index (χ0) is 16.4. The number of alkyl halides is 2. The van der Waals surface area contributed by atoms with Crippen molar-refractivity contribution in [2.75, 3.05) is 11.9 Å². The van der Waals surface area contributed by atoms with Crippen LogP contribution in [-0.4, -0.2) is 18.7 Å². The number of carbonyl (C=O) groups is 1. The number of quaternary nitrogens is 1. The first-order valence-corrected chi connectivity index (χ1v) is 6.99. The van der Waals surface area contributed by atoms with E-state index in [-0.39, 0.29) is 30.0 Å². The molecule has 0 fully saturated rings. The van der Waals surface area contributed by atoms with Gasteiger partial charge in [-0.1, -0.05) is 0 Å². The molecule has 1 aliphatic rings. The Hall–Kier alpha value is -2.61. The highest BCUT2D eigenvalue weighted by Gasteiger charge is 2.43. The number of amides is 1. The van der Waals surface area contributed by atoms with Crippen LogP contribution in [0.1, 0.15) is 18.7 Å². The third kappa shape index (κ3) is 3.59. The summed E-state index contributed by atoms with van der Waals surface area (Å²) in [4.78, 5) is 11.9. The maximum absolute atomic E-state index is 12.9. The molecule has 0 radical (unpaired) electrons. The van der Waals surface area contributed by atoms with Crippen molar-refractivity contribution in [2.45, 2.75) is 19.3 Å². The molecule has 1 aromatic heterocycles. The van der Waals surface area contributed by atoms with Crippen LogP contribution >= 0.6 is 0 Å². The Kier molecular flexibility index (Phi) is 3.91. The number of anilines is 1. The minimum atomic E-state index is -3.67. The van der Waals surface area contributed by atoms with Crippen molar-refractivity contribution >= 4 is 11.6 Å². The fraction of sp³-hybridized carbons (Fsp3) is 0.267. The largest absolute Gasteiger partial charge is 0.586 e. The highest BCUT2D eigenvalue weighted by molar-refractivity contribution is 5.91. The van der Waals surface area contributed by atoms with Crippen molar-refractivity contribution in [1.29, 1.82) is 0 Å². The van der Waals surface area contributed by atoms with E-state index in [1.54, 1.807) is 17.6 Å². The molecule has 2 heterocycles. The van der Waals surface area contributed by atoms with Gasteiger partial charge in [0, 0.05) is 11.8 Å². The van der Waals surface area contributed by atoms with E-state index in [4.69, 9.17) is 4.42 Å². The summed E-state index contributed by atoms with van der Waals surface area (Å²) in [5, 5.41) is 4.42. The van der Waals surface area contributed by atoms with Gasteiger partial charge in [0.25, 0.3) is 5.91 Å². The van der Waals surface area contributed by atoms with E-state index in [0.29, 0.717) is 5.69 Å². The van der Waals surface area contributed by atoms with Gasteiger partial charge in [-0.25, -0.2) is 0 Å². The van der Waals surface area contributed by atoms with Gasteiger partial charge in [0.15, 0.2) is 23.8 Å². The van der Waals surface area contributed by atoms with Crippen LogP contribution in [0.15, 0.2) is 41.0 Å². The van der Waals surface area contributed by atoms with Crippen LogP contribution in [0.3, 0.4) is 0 Å². The van der Waals surface area contributed by atoms with Gasteiger partial charge in [0.1, 0.15) is 6.04 Å². The summed E-state index contributed by atoms with van der Waals surface area (Å²) in [6.07, 6.45) is -2.10. The number of carbonyl (C=O) groups excluding carboxylic acids is 1. The number of nitrogens with two attached hydrogens (primary N) is 1. The smallest absolute Gasteiger partial charge is 0.463 e. The first-order valence-electron chi connectivity index (χ1n) is 6.99. The first-order chi connectivity index (χ1) is 10.9. The monoisotopic (exact) mass is 325 g/mol. The van der Waals surface area contributed by atoms with Crippen molar-refractivity contribution in [2.24, 2.45) is 0 Å². The van der Waals surface area contributed by atoms with Crippen molar-refractivity contribution in [3.63, 3.8) is 0 Å². The van der Waals surface area contributed by atoms with Crippen LogP contribution in [0, 0.1) is 0 Å². The van der Waals surface area contributed by atoms with Gasteiger partial charge in [0.05, 0.1) is 6.26 Å². The molecule has 0 saturated heterocycles. The average Bonchev–Trinajstić information content (AvgIpc) is 3.10. The molecule has 1 atom stereocenters. The molecular weight excluding hydrogens is 310 g/mol. The molecule has 8 heteroatoms. The van der Waals surface area contributed by atoms with E-state index in [9.17, 15) is 13.6 Å². The highest BCUT2D eigenvalue weighted by atomic mass is 19.3. The Morgan fingerprint density at radius 1 is 1.30 bits per heavy atom. The lowest BCUT2D eigenvalue weighted by Crippen LogP contribution is -2.86. The van der Waals surface area contributed by atoms with Gasteiger partial charge in [-0.05, 0) is 31.2 Å². The Morgan fingerprint density at radius 2 is 2.09 bits per heavy atom. The molecule has 0 saturated carbocycles. The number of benzene rings is 1. The van der Waals surface area contributed by atoms with Crippen molar-refractivity contribution in [1.82, 2.24) is 0 Å². The number of hydrogen-bond acceptors (Lipinski definition) is 4. The van der Waals surface area contributed by atoms with Crippen molar-refractivity contribution < 1.29 is 32.8 Å². The van der Waals surface area contributed by atoms with Gasteiger partial charge in [-0.2, -0.15) is 0 Å². The lowest BCUT2D eigenvalue weighted by Gasteiger charge is -2.09. The summed E-state index contributed by atoms with van der Waals surface area (Å²) >= 11 is 0. The number of fused-ring (bicyclic) bond motifs is 1. The Balaban J connectivity index is 1.55. The standard InChI is InChI=1S/C15H14F2N2O4/c1-9(11-3-2-6-21-11)18-8-14(20)19-10-4-5-12-13(7-10)23-15(16,17)22-12/h2-7,9,18H,8H2,1H3,(H,19,20)/p+1/t9-/m0/s1. The lowest BCUT2D eigenvalue weighted by atomic mass is 10.2. The topological polar surface area (TPSA) is 77.3 Å². The van der Waals surface area contributed by atoms with Crippen LogP contribution in [0.5, 0.6) is 11.5 Å². The maximum atomic E-state index is 12.9. The summed E-state index contributed by atoms with van der Waals surface area (Å²) < 4.78 is 39.7. The molecule has 3 N–H and O–H groups in total. The molecule has 1 aromatic carbocycles. The fourth-order valence-electron chi connectivity index (χ4n) is 2.19. The molecule has 122 valence electrons. The van der Waals surface area contributed by atoms with Crippen LogP contribution < -0.4 is 20.1 Å². The number of hydrogen-bond donors (Lipinski definition) is 2. The minimum absolute atomic E-state index is 0.00815. The summed E-state index contributed by atoms with van der Waals surface area (Å²) in [6.45, 7) is 2.07. The van der Waals surface area contributed by atoms with Gasteiger partial charge >= 0.3 is 6.29 Å².